The third kappa shape index (κ3) is 4.24. The molecular weight excluding hydrogens is 364 g/mol. The lowest BCUT2D eigenvalue weighted by Crippen LogP contribution is -2.23. The Morgan fingerprint density at radius 2 is 2.00 bits per heavy atom. The summed E-state index contributed by atoms with van der Waals surface area (Å²) >= 11 is 1.22. The second-order valence-corrected chi connectivity index (χ2v) is 6.79. The van der Waals surface area contributed by atoms with Gasteiger partial charge in [-0.25, -0.2) is 0 Å². The Balaban J connectivity index is 1.73. The minimum Gasteiger partial charge on any atom is -0.497 e. The van der Waals surface area contributed by atoms with E-state index in [2.05, 4.69) is 26.9 Å². The predicted molar refractivity (Wildman–Crippen MR) is 101 cm³/mol. The van der Waals surface area contributed by atoms with Crippen LogP contribution in [0.5, 0.6) is 5.75 Å². The molecule has 27 heavy (non-hydrogen) atoms. The van der Waals surface area contributed by atoms with Gasteiger partial charge in [0.2, 0.25) is 11.1 Å². The van der Waals surface area contributed by atoms with Crippen LogP contribution in [0.1, 0.15) is 12.5 Å². The summed E-state index contributed by atoms with van der Waals surface area (Å²) in [6, 6.07) is 16.2. The second-order valence-electron chi connectivity index (χ2n) is 5.48. The Morgan fingerprint density at radius 3 is 2.70 bits per heavy atom. The van der Waals surface area contributed by atoms with E-state index in [0.29, 0.717) is 16.4 Å². The van der Waals surface area contributed by atoms with Crippen LogP contribution >= 0.6 is 11.8 Å². The van der Waals surface area contributed by atoms with Crippen LogP contribution in [0.3, 0.4) is 0 Å². The van der Waals surface area contributed by atoms with Crippen molar-refractivity contribution in [3.05, 3.63) is 54.1 Å². The van der Waals surface area contributed by atoms with Crippen molar-refractivity contribution < 1.29 is 9.53 Å². The molecule has 3 aromatic rings. The SMILES string of the molecule is COc1ccc(-n2nnnc2S[C@@H](C)C(=O)Nc2ccccc2C#N)cc1. The number of para-hydroxylation sites is 1. The maximum absolute atomic E-state index is 12.5. The largest absolute Gasteiger partial charge is 0.497 e. The summed E-state index contributed by atoms with van der Waals surface area (Å²) in [4.78, 5) is 12.5. The second kappa shape index (κ2) is 8.33. The molecule has 3 rings (SSSR count). The minimum absolute atomic E-state index is 0.244. The third-order valence-electron chi connectivity index (χ3n) is 3.71. The molecular formula is C18H16N6O2S. The number of anilines is 1. The molecule has 0 bridgehead atoms. The van der Waals surface area contributed by atoms with Gasteiger partial charge in [-0.15, -0.1) is 5.10 Å². The topological polar surface area (TPSA) is 106 Å². The summed E-state index contributed by atoms with van der Waals surface area (Å²) in [5, 5.41) is 23.6. The highest BCUT2D eigenvalue weighted by Crippen LogP contribution is 2.25. The van der Waals surface area contributed by atoms with Crippen molar-refractivity contribution in [2.75, 3.05) is 12.4 Å². The van der Waals surface area contributed by atoms with E-state index in [4.69, 9.17) is 10.00 Å². The summed E-state index contributed by atoms with van der Waals surface area (Å²) in [6.45, 7) is 1.75. The molecule has 0 radical (unpaired) electrons. The molecule has 0 fully saturated rings. The number of nitriles is 1. The zero-order valence-corrected chi connectivity index (χ0v) is 15.5. The van der Waals surface area contributed by atoms with E-state index in [-0.39, 0.29) is 5.91 Å². The fourth-order valence-corrected chi connectivity index (χ4v) is 3.08. The lowest BCUT2D eigenvalue weighted by molar-refractivity contribution is -0.115. The molecule has 1 amide bonds. The summed E-state index contributed by atoms with van der Waals surface area (Å²) in [5.74, 6) is 0.483. The van der Waals surface area contributed by atoms with Gasteiger partial charge in [0.25, 0.3) is 0 Å². The van der Waals surface area contributed by atoms with Gasteiger partial charge in [-0.3, -0.25) is 4.79 Å². The van der Waals surface area contributed by atoms with Gasteiger partial charge < -0.3 is 10.1 Å². The first-order valence-electron chi connectivity index (χ1n) is 8.02. The summed E-state index contributed by atoms with van der Waals surface area (Å²) < 4.78 is 6.70. The maximum Gasteiger partial charge on any atom is 0.237 e. The van der Waals surface area contributed by atoms with E-state index >= 15 is 0 Å². The molecule has 2 aromatic carbocycles. The molecule has 0 aliphatic heterocycles. The van der Waals surface area contributed by atoms with E-state index in [9.17, 15) is 4.79 Å². The highest BCUT2D eigenvalue weighted by atomic mass is 32.2. The van der Waals surface area contributed by atoms with Crippen molar-refractivity contribution >= 4 is 23.4 Å². The van der Waals surface area contributed by atoms with Crippen molar-refractivity contribution in [3.8, 4) is 17.5 Å². The van der Waals surface area contributed by atoms with Crippen LogP contribution in [0, 0.1) is 11.3 Å². The number of ether oxygens (including phenoxy) is 1. The number of nitrogens with one attached hydrogen (secondary N) is 1. The molecule has 0 aliphatic carbocycles. The van der Waals surface area contributed by atoms with E-state index in [1.165, 1.54) is 11.8 Å². The number of carbonyl (C=O) groups is 1. The fraction of sp³-hybridized carbons (Fsp3) is 0.167. The summed E-state index contributed by atoms with van der Waals surface area (Å²) in [6.07, 6.45) is 0. The van der Waals surface area contributed by atoms with Crippen LogP contribution < -0.4 is 10.1 Å². The average molecular weight is 380 g/mol. The van der Waals surface area contributed by atoms with Crippen LogP contribution in [-0.4, -0.2) is 38.5 Å². The fourth-order valence-electron chi connectivity index (χ4n) is 2.27. The number of hydrogen-bond donors (Lipinski definition) is 1. The zero-order valence-electron chi connectivity index (χ0n) is 14.7. The number of rotatable bonds is 6. The third-order valence-corrected chi connectivity index (χ3v) is 4.75. The van der Waals surface area contributed by atoms with Gasteiger partial charge in [0, 0.05) is 0 Å². The number of carbonyl (C=O) groups excluding carboxylic acids is 1. The van der Waals surface area contributed by atoms with Crippen LogP contribution in [0.4, 0.5) is 5.69 Å². The maximum atomic E-state index is 12.5. The molecule has 0 saturated heterocycles. The number of amides is 1. The van der Waals surface area contributed by atoms with Crippen molar-refractivity contribution in [2.45, 2.75) is 17.3 Å². The smallest absolute Gasteiger partial charge is 0.237 e. The Morgan fingerprint density at radius 1 is 1.26 bits per heavy atom. The van der Waals surface area contributed by atoms with Crippen molar-refractivity contribution in [1.29, 1.82) is 5.26 Å². The molecule has 0 spiro atoms. The molecule has 9 heteroatoms. The number of hydrogen-bond acceptors (Lipinski definition) is 7. The number of methoxy groups -OCH3 is 1. The Labute approximate surface area is 160 Å². The Kier molecular flexibility index (Phi) is 5.68. The van der Waals surface area contributed by atoms with Gasteiger partial charge in [-0.1, -0.05) is 23.9 Å². The van der Waals surface area contributed by atoms with Crippen LogP contribution in [-0.2, 0) is 4.79 Å². The molecule has 1 aromatic heterocycles. The number of tetrazole rings is 1. The van der Waals surface area contributed by atoms with Gasteiger partial charge in [0.1, 0.15) is 11.8 Å². The quantitative estimate of drug-likeness (QED) is 0.655. The molecule has 136 valence electrons. The van der Waals surface area contributed by atoms with Gasteiger partial charge in [-0.05, 0) is 53.7 Å². The Hall–Kier alpha value is -3.38. The lowest BCUT2D eigenvalue weighted by atomic mass is 10.2. The van der Waals surface area contributed by atoms with E-state index in [1.807, 2.05) is 12.1 Å². The van der Waals surface area contributed by atoms with Crippen molar-refractivity contribution in [2.24, 2.45) is 0 Å². The van der Waals surface area contributed by atoms with Gasteiger partial charge in [0.05, 0.1) is 29.3 Å². The predicted octanol–water partition coefficient (Wildman–Crippen LogP) is 2.66. The van der Waals surface area contributed by atoms with Crippen molar-refractivity contribution in [1.82, 2.24) is 20.2 Å². The first-order chi connectivity index (χ1) is 13.1. The van der Waals surface area contributed by atoms with Crippen molar-refractivity contribution in [3.63, 3.8) is 0 Å². The number of benzene rings is 2. The number of thioether (sulfide) groups is 1. The molecule has 0 unspecified atom stereocenters. The molecule has 1 atom stereocenters. The van der Waals surface area contributed by atoms with Crippen LogP contribution in [0.2, 0.25) is 0 Å². The monoisotopic (exact) mass is 380 g/mol. The summed E-state index contributed by atoms with van der Waals surface area (Å²) in [7, 11) is 1.60. The molecule has 1 N–H and O–H groups in total. The van der Waals surface area contributed by atoms with E-state index in [1.54, 1.807) is 55.1 Å². The molecule has 1 heterocycles. The first kappa shape index (κ1) is 18.4. The number of aromatic nitrogens is 4. The standard InChI is InChI=1S/C18H16N6O2S/c1-12(17(25)20-16-6-4-3-5-13(16)11-19)27-18-21-22-23-24(18)14-7-9-15(26-2)10-8-14/h3-10,12H,1-2H3,(H,20,25)/t12-/m0/s1. The highest BCUT2D eigenvalue weighted by Gasteiger charge is 2.20. The van der Waals surface area contributed by atoms with Gasteiger partial charge >= 0.3 is 0 Å². The summed E-state index contributed by atoms with van der Waals surface area (Å²) in [5.41, 5.74) is 1.64. The molecule has 0 aliphatic rings. The van der Waals surface area contributed by atoms with Crippen LogP contribution in [0.15, 0.2) is 53.7 Å². The van der Waals surface area contributed by atoms with E-state index in [0.717, 1.165) is 11.4 Å². The minimum atomic E-state index is -0.472. The molecule has 0 saturated carbocycles. The Bertz CT molecular complexity index is 980. The first-order valence-corrected chi connectivity index (χ1v) is 8.90. The molecule has 8 nitrogen and oxygen atoms in total. The average Bonchev–Trinajstić information content (AvgIpc) is 3.16. The zero-order chi connectivity index (χ0) is 19.2. The van der Waals surface area contributed by atoms with E-state index < -0.39 is 5.25 Å². The normalized spacial score (nSPS) is 11.4. The van der Waals surface area contributed by atoms with Crippen LogP contribution in [0.25, 0.3) is 5.69 Å². The van der Waals surface area contributed by atoms with Gasteiger partial charge in [-0.2, -0.15) is 9.94 Å². The highest BCUT2D eigenvalue weighted by molar-refractivity contribution is 8.00. The van der Waals surface area contributed by atoms with Gasteiger partial charge in [0.15, 0.2) is 0 Å². The number of nitrogens with zero attached hydrogens (tertiary/aromatic N) is 5. The lowest BCUT2D eigenvalue weighted by Gasteiger charge is -2.12.